The molecule has 0 amide bonds. The van der Waals surface area contributed by atoms with Gasteiger partial charge in [0, 0.05) is 6.61 Å². The van der Waals surface area contributed by atoms with E-state index in [-0.39, 0.29) is 0 Å². The van der Waals surface area contributed by atoms with Crippen molar-refractivity contribution >= 4 is 0 Å². The molecule has 1 aliphatic rings. The van der Waals surface area contributed by atoms with E-state index in [0.29, 0.717) is 35.7 Å². The highest BCUT2D eigenvalue weighted by Crippen LogP contribution is 2.57. The van der Waals surface area contributed by atoms with Gasteiger partial charge in [0.25, 0.3) is 0 Å². The third kappa shape index (κ3) is 6.30. The molecule has 1 nitrogen and oxygen atoms in total. The summed E-state index contributed by atoms with van der Waals surface area (Å²) in [5, 5.41) is 9.98. The van der Waals surface area contributed by atoms with E-state index < -0.39 is 0 Å². The van der Waals surface area contributed by atoms with Crippen LogP contribution in [0.2, 0.25) is 0 Å². The normalized spacial score (nSPS) is 19.5. The molecule has 1 fully saturated rings. The van der Waals surface area contributed by atoms with Crippen molar-refractivity contribution in [1.29, 1.82) is 0 Å². The molecule has 5 atom stereocenters. The van der Waals surface area contributed by atoms with Crippen LogP contribution in [0.15, 0.2) is 42.5 Å². The Hall–Kier alpha value is -1.60. The zero-order valence-electron chi connectivity index (χ0n) is 22.3. The summed E-state index contributed by atoms with van der Waals surface area (Å²) < 4.78 is 0. The van der Waals surface area contributed by atoms with Crippen LogP contribution in [-0.2, 0) is 0 Å². The highest BCUT2D eigenvalue weighted by Gasteiger charge is 2.48. The molecule has 1 saturated carbocycles. The fraction of sp³-hybridized carbons (Fsp3) is 0.625. The smallest absolute Gasteiger partial charge is 0.0459 e. The summed E-state index contributed by atoms with van der Waals surface area (Å²) in [6.07, 6.45) is 7.78. The number of hydrogen-bond acceptors (Lipinski definition) is 1. The van der Waals surface area contributed by atoms with E-state index in [1.165, 1.54) is 66.3 Å². The Morgan fingerprint density at radius 3 is 2.12 bits per heavy atom. The summed E-state index contributed by atoms with van der Waals surface area (Å²) in [6, 6.07) is 16.0. The minimum Gasteiger partial charge on any atom is -0.396 e. The lowest BCUT2D eigenvalue weighted by Gasteiger charge is -2.39. The van der Waals surface area contributed by atoms with Crippen LogP contribution in [0.5, 0.6) is 0 Å². The molecule has 0 heterocycles. The van der Waals surface area contributed by atoms with Gasteiger partial charge < -0.3 is 5.11 Å². The van der Waals surface area contributed by atoms with Crippen LogP contribution in [-0.4, -0.2) is 11.7 Å². The Balaban J connectivity index is 1.57. The van der Waals surface area contributed by atoms with Crippen LogP contribution >= 0.6 is 0 Å². The number of aliphatic hydroxyl groups excluding tert-OH is 1. The van der Waals surface area contributed by atoms with Gasteiger partial charge in [0.1, 0.15) is 0 Å². The standard InChI is InChI=1S/C32H48O/c1-8-30(32(7)18-19-32)31(26(6)21-33)24(4)11-9-10-23(3)27-13-15-28(16-14-27)29-17-12-22(2)20-25(29)5/h12-17,20,23-24,26,30-31,33H,8-11,18-19,21H2,1-7H3. The summed E-state index contributed by atoms with van der Waals surface area (Å²) in [7, 11) is 0. The summed E-state index contributed by atoms with van der Waals surface area (Å²) in [5.74, 6) is 3.05. The molecule has 0 aliphatic heterocycles. The van der Waals surface area contributed by atoms with Crippen molar-refractivity contribution in [3.05, 3.63) is 59.2 Å². The Kier molecular flexibility index (Phi) is 8.84. The maximum Gasteiger partial charge on any atom is 0.0459 e. The number of aliphatic hydroxyl groups is 1. The molecule has 33 heavy (non-hydrogen) atoms. The fourth-order valence-electron chi connectivity index (χ4n) is 6.51. The molecule has 0 bridgehead atoms. The second kappa shape index (κ2) is 11.2. The zero-order valence-corrected chi connectivity index (χ0v) is 22.3. The molecular formula is C32H48O. The average molecular weight is 449 g/mol. The fourth-order valence-corrected chi connectivity index (χ4v) is 6.51. The molecule has 5 unspecified atom stereocenters. The van der Waals surface area contributed by atoms with E-state index in [2.05, 4.69) is 90.9 Å². The highest BCUT2D eigenvalue weighted by atomic mass is 16.3. The lowest BCUT2D eigenvalue weighted by atomic mass is 9.66. The van der Waals surface area contributed by atoms with Crippen molar-refractivity contribution in [2.45, 2.75) is 92.9 Å². The second-order valence-electron chi connectivity index (χ2n) is 11.7. The molecule has 0 spiro atoms. The molecule has 0 radical (unpaired) electrons. The number of hydrogen-bond donors (Lipinski definition) is 1. The van der Waals surface area contributed by atoms with Crippen molar-refractivity contribution in [2.24, 2.45) is 29.1 Å². The zero-order chi connectivity index (χ0) is 24.2. The SMILES string of the molecule is CCC(C(C(C)CO)C(C)CCCC(C)c1ccc(-c2ccc(C)cc2C)cc1)C1(C)CC1. The first kappa shape index (κ1) is 26.0. The van der Waals surface area contributed by atoms with Gasteiger partial charge in [0.2, 0.25) is 0 Å². The molecule has 2 aromatic carbocycles. The van der Waals surface area contributed by atoms with Crippen molar-refractivity contribution in [2.75, 3.05) is 6.61 Å². The molecule has 2 aromatic rings. The van der Waals surface area contributed by atoms with Crippen molar-refractivity contribution in [1.82, 2.24) is 0 Å². The molecule has 1 N–H and O–H groups in total. The van der Waals surface area contributed by atoms with E-state index in [0.717, 1.165) is 5.92 Å². The van der Waals surface area contributed by atoms with Crippen molar-refractivity contribution < 1.29 is 5.11 Å². The minimum absolute atomic E-state index is 0.324. The Labute approximate surface area is 204 Å². The molecule has 1 heteroatoms. The van der Waals surface area contributed by atoms with Gasteiger partial charge >= 0.3 is 0 Å². The van der Waals surface area contributed by atoms with Gasteiger partial charge in [-0.2, -0.15) is 0 Å². The monoisotopic (exact) mass is 448 g/mol. The summed E-state index contributed by atoms with van der Waals surface area (Å²) >= 11 is 0. The van der Waals surface area contributed by atoms with Gasteiger partial charge in [-0.25, -0.2) is 0 Å². The Morgan fingerprint density at radius 1 is 0.909 bits per heavy atom. The van der Waals surface area contributed by atoms with Crippen molar-refractivity contribution in [3.8, 4) is 11.1 Å². The maximum atomic E-state index is 9.98. The molecule has 3 rings (SSSR count). The summed E-state index contributed by atoms with van der Waals surface area (Å²) in [4.78, 5) is 0. The lowest BCUT2D eigenvalue weighted by Crippen LogP contribution is -2.34. The van der Waals surface area contributed by atoms with Crippen LogP contribution in [0.25, 0.3) is 11.1 Å². The molecule has 1 aliphatic carbocycles. The van der Waals surface area contributed by atoms with Crippen LogP contribution in [0.1, 0.15) is 95.8 Å². The van der Waals surface area contributed by atoms with Crippen LogP contribution in [0, 0.1) is 42.9 Å². The summed E-state index contributed by atoms with van der Waals surface area (Å²) in [5.41, 5.74) is 7.31. The highest BCUT2D eigenvalue weighted by molar-refractivity contribution is 5.67. The molecule has 182 valence electrons. The largest absolute Gasteiger partial charge is 0.396 e. The first-order chi connectivity index (χ1) is 15.7. The maximum absolute atomic E-state index is 9.98. The van der Waals surface area contributed by atoms with Gasteiger partial charge in [0.15, 0.2) is 0 Å². The van der Waals surface area contributed by atoms with Crippen LogP contribution in [0.4, 0.5) is 0 Å². The first-order valence-electron chi connectivity index (χ1n) is 13.5. The van der Waals surface area contributed by atoms with Crippen LogP contribution in [0.3, 0.4) is 0 Å². The third-order valence-electron chi connectivity index (χ3n) is 8.91. The first-order valence-corrected chi connectivity index (χ1v) is 13.5. The molecule has 0 saturated heterocycles. The van der Waals surface area contributed by atoms with E-state index in [1.807, 2.05) is 0 Å². The van der Waals surface area contributed by atoms with Crippen LogP contribution < -0.4 is 0 Å². The van der Waals surface area contributed by atoms with Gasteiger partial charge in [-0.05, 0) is 90.4 Å². The topological polar surface area (TPSA) is 20.2 Å². The number of rotatable bonds is 12. The van der Waals surface area contributed by atoms with Gasteiger partial charge in [-0.3, -0.25) is 0 Å². The summed E-state index contributed by atoms with van der Waals surface area (Å²) in [6.45, 7) is 16.6. The predicted molar refractivity (Wildman–Crippen MR) is 144 cm³/mol. The Morgan fingerprint density at radius 2 is 1.58 bits per heavy atom. The van der Waals surface area contributed by atoms with Gasteiger partial charge in [-0.15, -0.1) is 0 Å². The minimum atomic E-state index is 0.324. The quantitative estimate of drug-likeness (QED) is 0.343. The Bertz CT molecular complexity index is 876. The second-order valence-corrected chi connectivity index (χ2v) is 11.7. The molecular weight excluding hydrogens is 400 g/mol. The third-order valence-corrected chi connectivity index (χ3v) is 8.91. The van der Waals surface area contributed by atoms with Gasteiger partial charge in [0.05, 0.1) is 0 Å². The van der Waals surface area contributed by atoms with Gasteiger partial charge in [-0.1, -0.05) is 102 Å². The van der Waals surface area contributed by atoms with Crippen molar-refractivity contribution in [3.63, 3.8) is 0 Å². The lowest BCUT2D eigenvalue weighted by molar-refractivity contribution is 0.0634. The van der Waals surface area contributed by atoms with E-state index in [4.69, 9.17) is 0 Å². The molecule has 0 aromatic heterocycles. The average Bonchev–Trinajstić information content (AvgIpc) is 3.54. The van der Waals surface area contributed by atoms with E-state index >= 15 is 0 Å². The number of aryl methyl sites for hydroxylation is 2. The van der Waals surface area contributed by atoms with E-state index in [9.17, 15) is 5.11 Å². The van der Waals surface area contributed by atoms with E-state index in [1.54, 1.807) is 0 Å². The predicted octanol–water partition coefficient (Wildman–Crippen LogP) is 8.95. The number of benzene rings is 2.